The Labute approximate surface area is 146 Å². The number of aromatic amines is 1. The van der Waals surface area contributed by atoms with Crippen LogP contribution in [0.2, 0.25) is 0 Å². The zero-order valence-electron chi connectivity index (χ0n) is 14.3. The van der Waals surface area contributed by atoms with Crippen LogP contribution >= 0.6 is 0 Å². The summed E-state index contributed by atoms with van der Waals surface area (Å²) in [5.74, 6) is -0.143. The van der Waals surface area contributed by atoms with Crippen molar-refractivity contribution in [1.82, 2.24) is 4.98 Å². The van der Waals surface area contributed by atoms with Crippen LogP contribution in [-0.4, -0.2) is 16.8 Å². The van der Waals surface area contributed by atoms with Crippen molar-refractivity contribution in [2.24, 2.45) is 0 Å². The highest BCUT2D eigenvalue weighted by Gasteiger charge is 2.08. The van der Waals surface area contributed by atoms with E-state index in [1.807, 2.05) is 37.4 Å². The van der Waals surface area contributed by atoms with Gasteiger partial charge in [0.25, 0.3) is 0 Å². The Kier molecular flexibility index (Phi) is 4.84. The van der Waals surface area contributed by atoms with E-state index in [1.54, 1.807) is 12.1 Å². The van der Waals surface area contributed by atoms with Crippen LogP contribution in [0.5, 0.6) is 0 Å². The van der Waals surface area contributed by atoms with Crippen LogP contribution in [0.15, 0.2) is 48.7 Å². The fourth-order valence-electron chi connectivity index (χ4n) is 2.88. The van der Waals surface area contributed by atoms with Crippen molar-refractivity contribution >= 4 is 34.1 Å². The highest BCUT2D eigenvalue weighted by Crippen LogP contribution is 2.21. The predicted octanol–water partition coefficient (Wildman–Crippen LogP) is 4.01. The van der Waals surface area contributed by atoms with E-state index >= 15 is 0 Å². The van der Waals surface area contributed by atoms with Gasteiger partial charge in [-0.3, -0.25) is 9.59 Å². The van der Waals surface area contributed by atoms with Crippen LogP contribution in [0.25, 0.3) is 10.9 Å². The lowest BCUT2D eigenvalue weighted by Gasteiger charge is -2.10. The van der Waals surface area contributed by atoms with Crippen LogP contribution in [0.1, 0.15) is 24.5 Å². The van der Waals surface area contributed by atoms with E-state index < -0.39 is 0 Å². The van der Waals surface area contributed by atoms with Gasteiger partial charge in [0, 0.05) is 41.8 Å². The molecule has 0 atom stereocenters. The molecule has 0 unspecified atom stereocenters. The second kappa shape index (κ2) is 7.21. The largest absolute Gasteiger partial charge is 0.361 e. The maximum atomic E-state index is 12.2. The number of fused-ring (bicyclic) bond motifs is 1. The second-order valence-corrected chi connectivity index (χ2v) is 6.12. The van der Waals surface area contributed by atoms with Crippen LogP contribution in [-0.2, 0) is 16.0 Å². The first kappa shape index (κ1) is 16.8. The number of anilines is 2. The molecule has 5 heteroatoms. The van der Waals surface area contributed by atoms with Crippen LogP contribution in [0, 0.1) is 6.92 Å². The third-order valence-electron chi connectivity index (χ3n) is 4.12. The Balaban J connectivity index is 1.61. The van der Waals surface area contributed by atoms with E-state index in [1.165, 1.54) is 6.92 Å². The molecule has 3 rings (SSSR count). The van der Waals surface area contributed by atoms with Gasteiger partial charge in [-0.25, -0.2) is 0 Å². The molecule has 0 aliphatic heterocycles. The minimum atomic E-state index is -0.112. The van der Waals surface area contributed by atoms with E-state index in [0.29, 0.717) is 12.8 Å². The van der Waals surface area contributed by atoms with Gasteiger partial charge in [0.15, 0.2) is 0 Å². The normalized spacial score (nSPS) is 10.6. The minimum absolute atomic E-state index is 0.0306. The van der Waals surface area contributed by atoms with E-state index in [4.69, 9.17) is 0 Å². The third kappa shape index (κ3) is 4.07. The predicted molar refractivity (Wildman–Crippen MR) is 101 cm³/mol. The van der Waals surface area contributed by atoms with E-state index in [0.717, 1.165) is 33.4 Å². The Morgan fingerprint density at radius 2 is 1.88 bits per heavy atom. The number of rotatable bonds is 5. The number of aryl methyl sites for hydroxylation is 2. The van der Waals surface area contributed by atoms with Gasteiger partial charge in [-0.15, -0.1) is 0 Å². The molecule has 1 heterocycles. The number of aromatic nitrogens is 1. The van der Waals surface area contributed by atoms with Crippen molar-refractivity contribution in [1.29, 1.82) is 0 Å². The zero-order chi connectivity index (χ0) is 17.8. The molecule has 0 aliphatic carbocycles. The lowest BCUT2D eigenvalue weighted by molar-refractivity contribution is -0.116. The summed E-state index contributed by atoms with van der Waals surface area (Å²) in [5.41, 5.74) is 4.62. The summed E-state index contributed by atoms with van der Waals surface area (Å²) in [6, 6.07) is 13.5. The minimum Gasteiger partial charge on any atom is -0.361 e. The molecule has 0 aliphatic rings. The number of nitrogens with one attached hydrogen (secondary N) is 3. The van der Waals surface area contributed by atoms with Gasteiger partial charge in [0.05, 0.1) is 0 Å². The topological polar surface area (TPSA) is 74.0 Å². The Morgan fingerprint density at radius 1 is 1.08 bits per heavy atom. The molecule has 0 saturated heterocycles. The molecular formula is C20H21N3O2. The Morgan fingerprint density at radius 3 is 2.64 bits per heavy atom. The van der Waals surface area contributed by atoms with E-state index in [2.05, 4.69) is 21.7 Å². The molecule has 2 aromatic carbocycles. The first-order valence-corrected chi connectivity index (χ1v) is 8.26. The van der Waals surface area contributed by atoms with Crippen molar-refractivity contribution in [2.75, 3.05) is 10.6 Å². The molecular weight excluding hydrogens is 314 g/mol. The number of amides is 2. The summed E-state index contributed by atoms with van der Waals surface area (Å²) in [6.07, 6.45) is 3.05. The molecule has 0 saturated carbocycles. The third-order valence-corrected chi connectivity index (χ3v) is 4.12. The number of hydrogen-bond acceptors (Lipinski definition) is 2. The van der Waals surface area contributed by atoms with Gasteiger partial charge in [0.2, 0.25) is 11.8 Å². The van der Waals surface area contributed by atoms with Gasteiger partial charge in [0.1, 0.15) is 0 Å². The monoisotopic (exact) mass is 335 g/mol. The van der Waals surface area contributed by atoms with Crippen LogP contribution in [0.3, 0.4) is 0 Å². The molecule has 0 radical (unpaired) electrons. The average molecular weight is 335 g/mol. The molecule has 1 aromatic heterocycles. The fourth-order valence-corrected chi connectivity index (χ4v) is 2.88. The highest BCUT2D eigenvalue weighted by molar-refractivity contribution is 5.93. The Hall–Kier alpha value is -3.08. The highest BCUT2D eigenvalue weighted by atomic mass is 16.2. The van der Waals surface area contributed by atoms with Crippen LogP contribution < -0.4 is 10.6 Å². The summed E-state index contributed by atoms with van der Waals surface area (Å²) in [6.45, 7) is 3.37. The number of para-hydroxylation sites is 1. The number of benzene rings is 2. The number of hydrogen-bond donors (Lipinski definition) is 3. The first-order chi connectivity index (χ1) is 12.0. The quantitative estimate of drug-likeness (QED) is 0.659. The van der Waals surface area contributed by atoms with Gasteiger partial charge in [-0.1, -0.05) is 18.2 Å². The summed E-state index contributed by atoms with van der Waals surface area (Å²) in [5, 5.41) is 6.83. The van der Waals surface area contributed by atoms with E-state index in [9.17, 15) is 9.59 Å². The lowest BCUT2D eigenvalue weighted by Crippen LogP contribution is -2.13. The zero-order valence-corrected chi connectivity index (χ0v) is 14.3. The van der Waals surface area contributed by atoms with Crippen LogP contribution in [0.4, 0.5) is 11.4 Å². The molecule has 3 N–H and O–H groups in total. The van der Waals surface area contributed by atoms with Crippen molar-refractivity contribution in [3.63, 3.8) is 0 Å². The smallest absolute Gasteiger partial charge is 0.224 e. The first-order valence-electron chi connectivity index (χ1n) is 8.26. The maximum absolute atomic E-state index is 12.2. The second-order valence-electron chi connectivity index (χ2n) is 6.12. The molecule has 0 spiro atoms. The molecule has 128 valence electrons. The van der Waals surface area contributed by atoms with Gasteiger partial charge < -0.3 is 15.6 Å². The molecule has 0 fully saturated rings. The molecule has 0 bridgehead atoms. The fraction of sp³-hybridized carbons (Fsp3) is 0.200. The van der Waals surface area contributed by atoms with Crippen molar-refractivity contribution in [3.8, 4) is 0 Å². The molecule has 25 heavy (non-hydrogen) atoms. The Bertz CT molecular complexity index is 928. The summed E-state index contributed by atoms with van der Waals surface area (Å²) in [4.78, 5) is 26.6. The van der Waals surface area contributed by atoms with E-state index in [-0.39, 0.29) is 11.8 Å². The summed E-state index contributed by atoms with van der Waals surface area (Å²) >= 11 is 0. The molecule has 2 amide bonds. The lowest BCUT2D eigenvalue weighted by atomic mass is 10.1. The molecule has 3 aromatic rings. The molecule has 5 nitrogen and oxygen atoms in total. The summed E-state index contributed by atoms with van der Waals surface area (Å²) in [7, 11) is 0. The number of carbonyl (C=O) groups is 2. The van der Waals surface area contributed by atoms with Gasteiger partial charge in [-0.2, -0.15) is 0 Å². The SMILES string of the molecule is CC(=O)Nc1ccc(NC(=O)CCc2c[nH]c3ccccc23)cc1C. The maximum Gasteiger partial charge on any atom is 0.224 e. The van der Waals surface area contributed by atoms with Gasteiger partial charge in [-0.05, 0) is 48.7 Å². The summed E-state index contributed by atoms with van der Waals surface area (Å²) < 4.78 is 0. The standard InChI is InChI=1S/C20H21N3O2/c1-13-11-16(8-9-18(13)22-14(2)24)23-20(25)10-7-15-12-21-19-6-4-3-5-17(15)19/h3-6,8-9,11-12,21H,7,10H2,1-2H3,(H,22,24)(H,23,25). The average Bonchev–Trinajstić information content (AvgIpc) is 2.98. The van der Waals surface area contributed by atoms with Crippen molar-refractivity contribution in [3.05, 3.63) is 59.8 Å². The van der Waals surface area contributed by atoms with Crippen molar-refractivity contribution in [2.45, 2.75) is 26.7 Å². The van der Waals surface area contributed by atoms with Gasteiger partial charge >= 0.3 is 0 Å². The number of H-pyrrole nitrogens is 1. The number of carbonyl (C=O) groups excluding carboxylic acids is 2. The van der Waals surface area contributed by atoms with Crippen molar-refractivity contribution < 1.29 is 9.59 Å².